The van der Waals surface area contributed by atoms with Crippen molar-refractivity contribution in [2.24, 2.45) is 5.41 Å². The van der Waals surface area contributed by atoms with Gasteiger partial charge in [0.2, 0.25) is 0 Å². The summed E-state index contributed by atoms with van der Waals surface area (Å²) in [6, 6.07) is 17.2. The summed E-state index contributed by atoms with van der Waals surface area (Å²) >= 11 is 7.13. The molecule has 0 saturated carbocycles. The van der Waals surface area contributed by atoms with Gasteiger partial charge in [0.25, 0.3) is 0 Å². The van der Waals surface area contributed by atoms with Crippen molar-refractivity contribution in [1.82, 2.24) is 0 Å². The van der Waals surface area contributed by atoms with E-state index in [4.69, 9.17) is 0 Å². The van der Waals surface area contributed by atoms with Crippen molar-refractivity contribution in [2.45, 2.75) is 33.2 Å². The summed E-state index contributed by atoms with van der Waals surface area (Å²) in [4.78, 5) is 0. The predicted octanol–water partition coefficient (Wildman–Crippen LogP) is 6.80. The van der Waals surface area contributed by atoms with Gasteiger partial charge < -0.3 is 5.32 Å². The zero-order valence-corrected chi connectivity index (χ0v) is 15.8. The van der Waals surface area contributed by atoms with Crippen LogP contribution in [0.3, 0.4) is 0 Å². The second-order valence-electron chi connectivity index (χ2n) is 6.50. The SMILES string of the molecule is CC(C)(C)CC(Nc1ccc(Br)cc1Br)c1ccccc1. The van der Waals surface area contributed by atoms with Crippen LogP contribution in [0.2, 0.25) is 0 Å². The molecule has 0 heterocycles. The fourth-order valence-corrected chi connectivity index (χ4v) is 3.51. The molecule has 0 aliphatic rings. The average Bonchev–Trinajstić information content (AvgIpc) is 2.40. The molecule has 1 N–H and O–H groups in total. The molecule has 0 aliphatic heterocycles. The lowest BCUT2D eigenvalue weighted by molar-refractivity contribution is 0.352. The normalized spacial score (nSPS) is 13.0. The summed E-state index contributed by atoms with van der Waals surface area (Å²) in [6.07, 6.45) is 1.07. The van der Waals surface area contributed by atoms with Crippen LogP contribution in [-0.2, 0) is 0 Å². The van der Waals surface area contributed by atoms with E-state index >= 15 is 0 Å². The van der Waals surface area contributed by atoms with E-state index in [2.05, 4.69) is 106 Å². The molecular weight excluding hydrogens is 390 g/mol. The molecule has 0 radical (unpaired) electrons. The Balaban J connectivity index is 2.28. The van der Waals surface area contributed by atoms with Crippen LogP contribution in [0.25, 0.3) is 0 Å². The molecule has 112 valence electrons. The monoisotopic (exact) mass is 409 g/mol. The average molecular weight is 411 g/mol. The summed E-state index contributed by atoms with van der Waals surface area (Å²) in [5, 5.41) is 3.68. The van der Waals surface area contributed by atoms with Gasteiger partial charge in [0.1, 0.15) is 0 Å². The topological polar surface area (TPSA) is 12.0 Å². The van der Waals surface area contributed by atoms with E-state index in [9.17, 15) is 0 Å². The lowest BCUT2D eigenvalue weighted by Gasteiger charge is -2.28. The van der Waals surface area contributed by atoms with Gasteiger partial charge in [-0.2, -0.15) is 0 Å². The van der Waals surface area contributed by atoms with Crippen LogP contribution in [0.5, 0.6) is 0 Å². The molecule has 21 heavy (non-hydrogen) atoms. The highest BCUT2D eigenvalue weighted by Crippen LogP contribution is 2.35. The molecular formula is C18H21Br2N. The smallest absolute Gasteiger partial charge is 0.0519 e. The van der Waals surface area contributed by atoms with Gasteiger partial charge in [-0.3, -0.25) is 0 Å². The van der Waals surface area contributed by atoms with Crippen molar-refractivity contribution in [1.29, 1.82) is 0 Å². The molecule has 2 rings (SSSR count). The second-order valence-corrected chi connectivity index (χ2v) is 8.27. The molecule has 2 aromatic rings. The molecule has 1 unspecified atom stereocenters. The summed E-state index contributed by atoms with van der Waals surface area (Å²) < 4.78 is 2.15. The van der Waals surface area contributed by atoms with Crippen molar-refractivity contribution in [3.05, 3.63) is 63.0 Å². The number of benzene rings is 2. The summed E-state index contributed by atoms with van der Waals surface area (Å²) in [5.41, 5.74) is 2.70. The van der Waals surface area contributed by atoms with Gasteiger partial charge in [-0.15, -0.1) is 0 Å². The van der Waals surface area contributed by atoms with Gasteiger partial charge in [-0.25, -0.2) is 0 Å². The molecule has 0 spiro atoms. The highest BCUT2D eigenvalue weighted by atomic mass is 79.9. The van der Waals surface area contributed by atoms with E-state index in [-0.39, 0.29) is 5.41 Å². The Morgan fingerprint density at radius 2 is 1.67 bits per heavy atom. The summed E-state index contributed by atoms with van der Waals surface area (Å²) in [5.74, 6) is 0. The number of anilines is 1. The van der Waals surface area contributed by atoms with Gasteiger partial charge in [-0.1, -0.05) is 67.0 Å². The van der Waals surface area contributed by atoms with Gasteiger partial charge >= 0.3 is 0 Å². The molecule has 0 aromatic heterocycles. The number of halogens is 2. The minimum atomic E-state index is 0.259. The van der Waals surface area contributed by atoms with E-state index in [0.717, 1.165) is 21.1 Å². The Labute approximate surface area is 144 Å². The largest absolute Gasteiger partial charge is 0.377 e. The number of hydrogen-bond acceptors (Lipinski definition) is 1. The number of hydrogen-bond donors (Lipinski definition) is 1. The zero-order valence-electron chi connectivity index (χ0n) is 12.7. The maximum absolute atomic E-state index is 3.68. The number of rotatable bonds is 4. The highest BCUT2D eigenvalue weighted by molar-refractivity contribution is 9.11. The molecule has 0 fully saturated rings. The molecule has 0 bridgehead atoms. The molecule has 0 aliphatic carbocycles. The quantitative estimate of drug-likeness (QED) is 0.584. The molecule has 0 amide bonds. The summed E-state index contributed by atoms with van der Waals surface area (Å²) in [7, 11) is 0. The van der Waals surface area contributed by atoms with Crippen molar-refractivity contribution in [3.63, 3.8) is 0 Å². The molecule has 2 aromatic carbocycles. The van der Waals surface area contributed by atoms with E-state index in [1.54, 1.807) is 0 Å². The van der Waals surface area contributed by atoms with E-state index in [1.165, 1.54) is 5.56 Å². The third kappa shape index (κ3) is 5.15. The van der Waals surface area contributed by atoms with Crippen molar-refractivity contribution in [3.8, 4) is 0 Å². The third-order valence-electron chi connectivity index (χ3n) is 3.28. The maximum Gasteiger partial charge on any atom is 0.0519 e. The first-order valence-electron chi connectivity index (χ1n) is 7.12. The fraction of sp³-hybridized carbons (Fsp3) is 0.333. The molecule has 1 nitrogen and oxygen atoms in total. The molecule has 3 heteroatoms. The fourth-order valence-electron chi connectivity index (χ4n) is 2.34. The van der Waals surface area contributed by atoms with Gasteiger partial charge in [-0.05, 0) is 51.5 Å². The van der Waals surface area contributed by atoms with Gasteiger partial charge in [0, 0.05) is 14.6 Å². The molecule has 0 saturated heterocycles. The first-order valence-corrected chi connectivity index (χ1v) is 8.70. The van der Waals surface area contributed by atoms with Crippen molar-refractivity contribution < 1.29 is 0 Å². The Morgan fingerprint density at radius 3 is 2.24 bits per heavy atom. The highest BCUT2D eigenvalue weighted by Gasteiger charge is 2.20. The van der Waals surface area contributed by atoms with E-state index in [1.807, 2.05) is 0 Å². The second kappa shape index (κ2) is 6.97. The Kier molecular flexibility index (Phi) is 5.50. The zero-order chi connectivity index (χ0) is 15.5. The Bertz CT molecular complexity index is 588. The lowest BCUT2D eigenvalue weighted by atomic mass is 9.85. The lowest BCUT2D eigenvalue weighted by Crippen LogP contribution is -2.18. The van der Waals surface area contributed by atoms with Crippen LogP contribution in [0.1, 0.15) is 38.8 Å². The Morgan fingerprint density at radius 1 is 1.00 bits per heavy atom. The molecule has 1 atom stereocenters. The van der Waals surface area contributed by atoms with Crippen LogP contribution in [-0.4, -0.2) is 0 Å². The van der Waals surface area contributed by atoms with Gasteiger partial charge in [0.15, 0.2) is 0 Å². The minimum Gasteiger partial charge on any atom is -0.377 e. The van der Waals surface area contributed by atoms with Crippen molar-refractivity contribution >= 4 is 37.5 Å². The van der Waals surface area contributed by atoms with Crippen LogP contribution in [0.4, 0.5) is 5.69 Å². The number of nitrogens with one attached hydrogen (secondary N) is 1. The van der Waals surface area contributed by atoms with Crippen LogP contribution < -0.4 is 5.32 Å². The standard InChI is InChI=1S/C18H21Br2N/c1-18(2,3)12-17(13-7-5-4-6-8-13)21-16-10-9-14(19)11-15(16)20/h4-11,17,21H,12H2,1-3H3. The van der Waals surface area contributed by atoms with Crippen LogP contribution in [0, 0.1) is 5.41 Å². The van der Waals surface area contributed by atoms with Gasteiger partial charge in [0.05, 0.1) is 6.04 Å². The van der Waals surface area contributed by atoms with Crippen molar-refractivity contribution in [2.75, 3.05) is 5.32 Å². The predicted molar refractivity (Wildman–Crippen MR) is 98.7 cm³/mol. The Hall–Kier alpha value is -0.800. The van der Waals surface area contributed by atoms with Crippen LogP contribution in [0.15, 0.2) is 57.5 Å². The summed E-state index contributed by atoms with van der Waals surface area (Å²) in [6.45, 7) is 6.84. The van der Waals surface area contributed by atoms with Crippen LogP contribution >= 0.6 is 31.9 Å². The minimum absolute atomic E-state index is 0.259. The third-order valence-corrected chi connectivity index (χ3v) is 4.43. The van der Waals surface area contributed by atoms with E-state index in [0.29, 0.717) is 6.04 Å². The first-order chi connectivity index (χ1) is 9.85. The maximum atomic E-state index is 3.68. The van der Waals surface area contributed by atoms with E-state index < -0.39 is 0 Å². The first kappa shape index (κ1) is 16.6.